The maximum atomic E-state index is 12.8. The highest BCUT2D eigenvalue weighted by Crippen LogP contribution is 2.33. The summed E-state index contributed by atoms with van der Waals surface area (Å²) in [6, 6.07) is 7.32. The first-order valence-corrected chi connectivity index (χ1v) is 11.1. The number of hydrogen-bond donors (Lipinski definition) is 2. The molecule has 3 aromatic rings. The standard InChI is InChI=1S/C23H24F3N5O2/c24-23(25,26)33-16-5-3-15(4-6-16)22(32)31-12-8-14(9-13-31)17-7-11-28-21-19(17)29-20(30-21)18-2-1-10-27-18/h3-7,11,14,18,27H,1-2,8-10,12-13H2,(H,28,29,30). The highest BCUT2D eigenvalue weighted by molar-refractivity contribution is 5.94. The smallest absolute Gasteiger partial charge is 0.406 e. The first-order valence-electron chi connectivity index (χ1n) is 11.1. The van der Waals surface area contributed by atoms with Crippen LogP contribution in [0.15, 0.2) is 36.5 Å². The topological polar surface area (TPSA) is 83.1 Å². The van der Waals surface area contributed by atoms with Gasteiger partial charge in [0.15, 0.2) is 5.65 Å². The number of halogens is 3. The highest BCUT2D eigenvalue weighted by Gasteiger charge is 2.31. The Bertz CT molecular complexity index is 1130. The number of fused-ring (bicyclic) bond motifs is 1. The second-order valence-corrected chi connectivity index (χ2v) is 8.51. The number of ether oxygens (including phenoxy) is 1. The number of rotatable bonds is 4. The molecule has 2 aromatic heterocycles. The van der Waals surface area contributed by atoms with Crippen LogP contribution in [-0.4, -0.2) is 51.8 Å². The van der Waals surface area contributed by atoms with Gasteiger partial charge in [0.2, 0.25) is 0 Å². The van der Waals surface area contributed by atoms with E-state index in [4.69, 9.17) is 0 Å². The summed E-state index contributed by atoms with van der Waals surface area (Å²) in [7, 11) is 0. The number of aromatic amines is 1. The van der Waals surface area contributed by atoms with Crippen molar-refractivity contribution in [3.05, 3.63) is 53.5 Å². The van der Waals surface area contributed by atoms with Gasteiger partial charge in [0, 0.05) is 24.8 Å². The first kappa shape index (κ1) is 21.7. The number of nitrogens with one attached hydrogen (secondary N) is 2. The van der Waals surface area contributed by atoms with Crippen LogP contribution >= 0.6 is 0 Å². The van der Waals surface area contributed by atoms with E-state index in [1.54, 1.807) is 11.1 Å². The van der Waals surface area contributed by atoms with Crippen molar-refractivity contribution in [3.8, 4) is 5.75 Å². The summed E-state index contributed by atoms with van der Waals surface area (Å²) < 4.78 is 40.9. The molecular formula is C23H24F3N5O2. The molecule has 0 bridgehead atoms. The van der Waals surface area contributed by atoms with Crippen molar-refractivity contribution in [2.75, 3.05) is 19.6 Å². The summed E-state index contributed by atoms with van der Waals surface area (Å²) in [5.74, 6) is 0.661. The van der Waals surface area contributed by atoms with E-state index in [0.717, 1.165) is 66.9 Å². The van der Waals surface area contributed by atoms with E-state index in [2.05, 4.69) is 25.0 Å². The Morgan fingerprint density at radius 2 is 1.85 bits per heavy atom. The van der Waals surface area contributed by atoms with Gasteiger partial charge >= 0.3 is 6.36 Å². The maximum absolute atomic E-state index is 12.8. The molecule has 33 heavy (non-hydrogen) atoms. The minimum atomic E-state index is -4.76. The molecule has 4 heterocycles. The Kier molecular flexibility index (Phi) is 5.69. The fourth-order valence-electron chi connectivity index (χ4n) is 4.75. The molecule has 0 radical (unpaired) electrons. The Morgan fingerprint density at radius 3 is 2.52 bits per heavy atom. The number of alkyl halides is 3. The van der Waals surface area contributed by atoms with E-state index in [9.17, 15) is 18.0 Å². The number of nitrogens with zero attached hydrogens (tertiary/aromatic N) is 3. The second-order valence-electron chi connectivity index (χ2n) is 8.51. The van der Waals surface area contributed by atoms with Gasteiger partial charge in [0.25, 0.3) is 5.91 Å². The molecule has 2 aliphatic rings. The van der Waals surface area contributed by atoms with Crippen molar-refractivity contribution in [1.82, 2.24) is 25.2 Å². The average molecular weight is 459 g/mol. The molecule has 0 spiro atoms. The fraction of sp³-hybridized carbons (Fsp3) is 0.435. The van der Waals surface area contributed by atoms with E-state index in [1.807, 2.05) is 6.07 Å². The van der Waals surface area contributed by atoms with Crippen molar-refractivity contribution in [3.63, 3.8) is 0 Å². The quantitative estimate of drug-likeness (QED) is 0.608. The predicted molar refractivity (Wildman–Crippen MR) is 115 cm³/mol. The number of carbonyl (C=O) groups excluding carboxylic acids is 1. The number of amides is 1. The zero-order valence-electron chi connectivity index (χ0n) is 17.9. The largest absolute Gasteiger partial charge is 0.573 e. The molecule has 2 saturated heterocycles. The Balaban J connectivity index is 1.25. The Morgan fingerprint density at radius 1 is 1.09 bits per heavy atom. The molecule has 1 amide bonds. The van der Waals surface area contributed by atoms with Crippen LogP contribution < -0.4 is 10.1 Å². The molecule has 174 valence electrons. The number of hydrogen-bond acceptors (Lipinski definition) is 5. The minimum Gasteiger partial charge on any atom is -0.406 e. The third-order valence-electron chi connectivity index (χ3n) is 6.39. The Hall–Kier alpha value is -3.14. The summed E-state index contributed by atoms with van der Waals surface area (Å²) in [4.78, 5) is 27.2. The van der Waals surface area contributed by atoms with Gasteiger partial charge in [-0.15, -0.1) is 13.2 Å². The lowest BCUT2D eigenvalue weighted by Gasteiger charge is -2.32. The molecule has 2 N–H and O–H groups in total. The van der Waals surface area contributed by atoms with Gasteiger partial charge in [-0.05, 0) is 74.0 Å². The molecule has 5 rings (SSSR count). The molecule has 2 fully saturated rings. The van der Waals surface area contributed by atoms with Gasteiger partial charge < -0.3 is 19.9 Å². The number of piperidine rings is 1. The first-order chi connectivity index (χ1) is 15.9. The van der Waals surface area contributed by atoms with Crippen LogP contribution in [0.4, 0.5) is 13.2 Å². The van der Waals surface area contributed by atoms with Crippen molar-refractivity contribution in [2.24, 2.45) is 0 Å². The van der Waals surface area contributed by atoms with Gasteiger partial charge in [0.05, 0.1) is 11.6 Å². The van der Waals surface area contributed by atoms with E-state index in [1.165, 1.54) is 12.1 Å². The van der Waals surface area contributed by atoms with Crippen LogP contribution in [0.5, 0.6) is 5.75 Å². The lowest BCUT2D eigenvalue weighted by atomic mass is 9.89. The minimum absolute atomic E-state index is 0.192. The summed E-state index contributed by atoms with van der Waals surface area (Å²) in [5.41, 5.74) is 3.19. The lowest BCUT2D eigenvalue weighted by Crippen LogP contribution is -2.38. The second kappa shape index (κ2) is 8.66. The molecule has 1 aromatic carbocycles. The molecule has 1 atom stereocenters. The highest BCUT2D eigenvalue weighted by atomic mass is 19.4. The summed E-state index contributed by atoms with van der Waals surface area (Å²) >= 11 is 0. The number of benzene rings is 1. The fourth-order valence-corrected chi connectivity index (χ4v) is 4.75. The SMILES string of the molecule is O=C(c1ccc(OC(F)(F)F)cc1)N1CCC(c2ccnc3nc(C4CCCN4)[nH]c23)CC1. The molecule has 7 nitrogen and oxygen atoms in total. The number of H-pyrrole nitrogens is 1. The molecule has 2 aliphatic heterocycles. The van der Waals surface area contributed by atoms with Crippen LogP contribution in [0.25, 0.3) is 11.2 Å². The van der Waals surface area contributed by atoms with Gasteiger partial charge in [-0.25, -0.2) is 9.97 Å². The van der Waals surface area contributed by atoms with E-state index in [-0.39, 0.29) is 23.6 Å². The van der Waals surface area contributed by atoms with Crippen molar-refractivity contribution in [1.29, 1.82) is 0 Å². The predicted octanol–water partition coefficient (Wildman–Crippen LogP) is 4.30. The Labute approximate surface area is 188 Å². The monoisotopic (exact) mass is 459 g/mol. The van der Waals surface area contributed by atoms with Crippen LogP contribution in [-0.2, 0) is 0 Å². The number of aromatic nitrogens is 3. The van der Waals surface area contributed by atoms with Gasteiger partial charge in [-0.1, -0.05) is 0 Å². The van der Waals surface area contributed by atoms with E-state index < -0.39 is 6.36 Å². The molecule has 0 saturated carbocycles. The van der Waals surface area contributed by atoms with Gasteiger partial charge in [-0.2, -0.15) is 0 Å². The summed E-state index contributed by atoms with van der Waals surface area (Å²) in [6.07, 6.45) is 0.791. The molecule has 1 unspecified atom stereocenters. The van der Waals surface area contributed by atoms with Crippen LogP contribution in [0.3, 0.4) is 0 Å². The number of pyridine rings is 1. The van der Waals surface area contributed by atoms with Crippen molar-refractivity contribution in [2.45, 2.75) is 44.0 Å². The van der Waals surface area contributed by atoms with E-state index >= 15 is 0 Å². The number of imidazole rings is 1. The maximum Gasteiger partial charge on any atom is 0.573 e. The molecular weight excluding hydrogens is 435 g/mol. The average Bonchev–Trinajstić information content (AvgIpc) is 3.48. The van der Waals surface area contributed by atoms with Gasteiger partial charge in [-0.3, -0.25) is 4.79 Å². The van der Waals surface area contributed by atoms with Crippen molar-refractivity contribution >= 4 is 17.1 Å². The third-order valence-corrected chi connectivity index (χ3v) is 6.39. The third kappa shape index (κ3) is 4.66. The van der Waals surface area contributed by atoms with Crippen LogP contribution in [0.1, 0.15) is 59.4 Å². The summed E-state index contributed by atoms with van der Waals surface area (Å²) in [6.45, 7) is 2.13. The van der Waals surface area contributed by atoms with Crippen LogP contribution in [0, 0.1) is 0 Å². The normalized spacial score (nSPS) is 19.8. The van der Waals surface area contributed by atoms with Crippen molar-refractivity contribution < 1.29 is 22.7 Å². The zero-order chi connectivity index (χ0) is 23.0. The van der Waals surface area contributed by atoms with Gasteiger partial charge in [0.1, 0.15) is 11.6 Å². The number of likely N-dealkylation sites (tertiary alicyclic amines) is 1. The molecule has 10 heteroatoms. The number of carbonyl (C=O) groups is 1. The zero-order valence-corrected chi connectivity index (χ0v) is 17.9. The molecule has 0 aliphatic carbocycles. The lowest BCUT2D eigenvalue weighted by molar-refractivity contribution is -0.274. The van der Waals surface area contributed by atoms with E-state index in [0.29, 0.717) is 18.7 Å². The summed E-state index contributed by atoms with van der Waals surface area (Å²) in [5, 5.41) is 3.45. The van der Waals surface area contributed by atoms with Crippen LogP contribution in [0.2, 0.25) is 0 Å².